The smallest absolute Gasteiger partial charge is 0.162 e. The third-order valence-corrected chi connectivity index (χ3v) is 5.01. The predicted molar refractivity (Wildman–Crippen MR) is 88.3 cm³/mol. The molecule has 3 aliphatic heterocycles. The maximum atomic E-state index is 14.1. The summed E-state index contributed by atoms with van der Waals surface area (Å²) in [5.41, 5.74) is 3.04. The lowest BCUT2D eigenvalue weighted by atomic mass is 10.1. The number of fused-ring (bicyclic) bond motifs is 6. The molecule has 1 aliphatic carbocycles. The van der Waals surface area contributed by atoms with Gasteiger partial charge in [0.15, 0.2) is 18.3 Å². The highest BCUT2D eigenvalue weighted by Gasteiger charge is 2.44. The molecule has 0 amide bonds. The zero-order valence-electron chi connectivity index (χ0n) is 13.3. The largest absolute Gasteiger partial charge is 0.303 e. The number of aromatic nitrogens is 3. The van der Waals surface area contributed by atoms with Crippen molar-refractivity contribution in [2.45, 2.75) is 18.8 Å². The zero-order valence-corrected chi connectivity index (χ0v) is 13.3. The van der Waals surface area contributed by atoms with E-state index in [2.05, 4.69) is 10.3 Å². The number of aliphatic imine (C=N–C) groups is 1. The van der Waals surface area contributed by atoms with Gasteiger partial charge in [0.1, 0.15) is 6.67 Å². The van der Waals surface area contributed by atoms with Crippen LogP contribution < -0.4 is 10.0 Å². The fourth-order valence-corrected chi connectivity index (χ4v) is 3.71. The van der Waals surface area contributed by atoms with Crippen molar-refractivity contribution in [3.8, 4) is 0 Å². The molecule has 0 unspecified atom stereocenters. The van der Waals surface area contributed by atoms with Gasteiger partial charge in [-0.3, -0.25) is 0 Å². The Kier molecular flexibility index (Phi) is 2.38. The van der Waals surface area contributed by atoms with Crippen LogP contribution in [0.15, 0.2) is 47.5 Å². The molecule has 0 radical (unpaired) electrons. The van der Waals surface area contributed by atoms with E-state index in [9.17, 15) is 4.48 Å². The maximum Gasteiger partial charge on any atom is 0.162 e. The Morgan fingerprint density at radius 3 is 2.92 bits per heavy atom. The third-order valence-electron chi connectivity index (χ3n) is 5.01. The summed E-state index contributed by atoms with van der Waals surface area (Å²) in [5, 5.41) is 12.9. The van der Waals surface area contributed by atoms with Gasteiger partial charge in [-0.1, -0.05) is 16.6 Å². The van der Waals surface area contributed by atoms with Crippen LogP contribution in [-0.2, 0) is 0 Å². The summed E-state index contributed by atoms with van der Waals surface area (Å²) in [5.74, 6) is 2.04. The molecule has 8 nitrogen and oxygen atoms in total. The molecular formula is C16H15FN8. The van der Waals surface area contributed by atoms with Crippen LogP contribution in [0.1, 0.15) is 30.0 Å². The van der Waals surface area contributed by atoms with Crippen LogP contribution in [0.5, 0.6) is 0 Å². The summed E-state index contributed by atoms with van der Waals surface area (Å²) in [6.45, 7) is 0.584. The number of hydrogen-bond acceptors (Lipinski definition) is 7. The van der Waals surface area contributed by atoms with E-state index < -0.39 is 0 Å². The second-order valence-corrected chi connectivity index (χ2v) is 6.60. The first kappa shape index (κ1) is 13.2. The summed E-state index contributed by atoms with van der Waals surface area (Å²) in [6, 6.07) is 7.95. The monoisotopic (exact) mass is 338 g/mol. The second kappa shape index (κ2) is 4.50. The second-order valence-electron chi connectivity index (χ2n) is 6.60. The molecule has 25 heavy (non-hydrogen) atoms. The average Bonchev–Trinajstić information content (AvgIpc) is 3.05. The standard InChI is InChI=1S/C16H15FN8/c17-21-8-15-22(10-21)13-4-2-1-3-12(13)16-18-9-23(24(15)16)25-14(7-19-20-25)11-5-6-11/h1-4,7-8,11H,5-6,9-10H2. The summed E-state index contributed by atoms with van der Waals surface area (Å²) < 4.78 is 14.1. The van der Waals surface area contributed by atoms with Crippen molar-refractivity contribution in [1.29, 1.82) is 0 Å². The Morgan fingerprint density at radius 2 is 2.04 bits per heavy atom. The molecule has 0 spiro atoms. The number of amidine groups is 1. The number of para-hydroxylation sites is 1. The van der Waals surface area contributed by atoms with Gasteiger partial charge in [0.2, 0.25) is 0 Å². The minimum atomic E-state index is 0.163. The van der Waals surface area contributed by atoms with Crippen LogP contribution in [-0.4, -0.2) is 44.4 Å². The third kappa shape index (κ3) is 1.72. The van der Waals surface area contributed by atoms with E-state index in [0.717, 1.165) is 41.4 Å². The molecule has 0 saturated heterocycles. The summed E-state index contributed by atoms with van der Waals surface area (Å²) in [4.78, 5) is 8.47. The minimum absolute atomic E-state index is 0.163. The predicted octanol–water partition coefficient (Wildman–Crippen LogP) is 1.50. The molecule has 2 aromatic rings. The number of benzene rings is 1. The fraction of sp³-hybridized carbons (Fsp3) is 0.312. The summed E-state index contributed by atoms with van der Waals surface area (Å²) in [7, 11) is 0. The number of nitrogens with zero attached hydrogens (tertiary/aromatic N) is 8. The number of halogens is 1. The Hall–Kier alpha value is -3.10. The van der Waals surface area contributed by atoms with Crippen LogP contribution in [0.25, 0.3) is 0 Å². The van der Waals surface area contributed by atoms with Crippen molar-refractivity contribution in [2.75, 3.05) is 23.4 Å². The fourth-order valence-electron chi connectivity index (χ4n) is 3.71. The van der Waals surface area contributed by atoms with Gasteiger partial charge in [-0.25, -0.2) is 4.99 Å². The SMILES string of the molecule is FN1C=C2N(C1)c1ccccc1C1=NCN(n3nncc3C3CC3)N21. The van der Waals surface area contributed by atoms with Gasteiger partial charge in [-0.05, 0) is 30.2 Å². The average molecular weight is 338 g/mol. The molecule has 1 aromatic heterocycles. The Labute approximate surface area is 142 Å². The maximum absolute atomic E-state index is 14.1. The van der Waals surface area contributed by atoms with Crippen molar-refractivity contribution < 1.29 is 4.48 Å². The molecule has 9 heteroatoms. The first-order chi connectivity index (χ1) is 12.3. The summed E-state index contributed by atoms with van der Waals surface area (Å²) >= 11 is 0. The lowest BCUT2D eigenvalue weighted by Crippen LogP contribution is -2.54. The van der Waals surface area contributed by atoms with Crippen molar-refractivity contribution in [3.05, 3.63) is 53.7 Å². The van der Waals surface area contributed by atoms with Crippen LogP contribution in [0.2, 0.25) is 0 Å². The topological polar surface area (TPSA) is 56.0 Å². The molecule has 0 N–H and O–H groups in total. The molecule has 0 bridgehead atoms. The first-order valence-electron chi connectivity index (χ1n) is 8.35. The highest BCUT2D eigenvalue weighted by Crippen LogP contribution is 2.42. The lowest BCUT2D eigenvalue weighted by Gasteiger charge is -2.40. The lowest BCUT2D eigenvalue weighted by molar-refractivity contribution is 0.104. The molecule has 126 valence electrons. The van der Waals surface area contributed by atoms with Crippen LogP contribution in [0, 0.1) is 0 Å². The van der Waals surface area contributed by atoms with Crippen LogP contribution in [0.3, 0.4) is 0 Å². The number of anilines is 1. The number of hydrazine groups is 1. The van der Waals surface area contributed by atoms with E-state index in [0.29, 0.717) is 17.7 Å². The molecule has 4 heterocycles. The molecule has 4 aliphatic rings. The highest BCUT2D eigenvalue weighted by molar-refractivity contribution is 6.08. The molecule has 1 aromatic carbocycles. The normalized spacial score (nSPS) is 21.2. The van der Waals surface area contributed by atoms with Crippen molar-refractivity contribution >= 4 is 11.5 Å². The van der Waals surface area contributed by atoms with Gasteiger partial charge in [-0.15, -0.1) is 9.89 Å². The van der Waals surface area contributed by atoms with Gasteiger partial charge in [0, 0.05) is 11.5 Å². The van der Waals surface area contributed by atoms with E-state index in [1.807, 2.05) is 50.3 Å². The van der Waals surface area contributed by atoms with Crippen molar-refractivity contribution in [2.24, 2.45) is 4.99 Å². The van der Waals surface area contributed by atoms with E-state index in [-0.39, 0.29) is 6.67 Å². The molecule has 0 atom stereocenters. The van der Waals surface area contributed by atoms with E-state index in [4.69, 9.17) is 4.99 Å². The van der Waals surface area contributed by atoms with E-state index in [1.165, 1.54) is 6.20 Å². The number of rotatable bonds is 2. The zero-order chi connectivity index (χ0) is 16.5. The quantitative estimate of drug-likeness (QED) is 0.774. The molecular weight excluding hydrogens is 323 g/mol. The van der Waals surface area contributed by atoms with Crippen molar-refractivity contribution in [1.82, 2.24) is 25.2 Å². The molecule has 1 saturated carbocycles. The molecule has 1 fully saturated rings. The van der Waals surface area contributed by atoms with Gasteiger partial charge in [0.25, 0.3) is 0 Å². The highest BCUT2D eigenvalue weighted by atomic mass is 19.2. The van der Waals surface area contributed by atoms with E-state index >= 15 is 0 Å². The van der Waals surface area contributed by atoms with Crippen LogP contribution >= 0.6 is 0 Å². The minimum Gasteiger partial charge on any atom is -0.303 e. The van der Waals surface area contributed by atoms with Gasteiger partial charge < -0.3 is 4.90 Å². The van der Waals surface area contributed by atoms with Crippen LogP contribution in [0.4, 0.5) is 10.2 Å². The van der Waals surface area contributed by atoms with Gasteiger partial charge in [-0.2, -0.15) is 15.2 Å². The number of hydrogen-bond donors (Lipinski definition) is 0. The van der Waals surface area contributed by atoms with Crippen molar-refractivity contribution in [3.63, 3.8) is 0 Å². The Bertz CT molecular complexity index is 930. The van der Waals surface area contributed by atoms with E-state index in [1.54, 1.807) is 0 Å². The summed E-state index contributed by atoms with van der Waals surface area (Å²) in [6.07, 6.45) is 5.63. The Morgan fingerprint density at radius 1 is 1.16 bits per heavy atom. The van der Waals surface area contributed by atoms with Gasteiger partial charge >= 0.3 is 0 Å². The molecule has 6 rings (SSSR count). The Balaban J connectivity index is 1.50. The van der Waals surface area contributed by atoms with Gasteiger partial charge in [0.05, 0.1) is 23.8 Å². The first-order valence-corrected chi connectivity index (χ1v) is 8.35.